The molecule has 1 aliphatic carbocycles. The maximum absolute atomic E-state index is 11.5. The van der Waals surface area contributed by atoms with E-state index >= 15 is 0 Å². The lowest BCUT2D eigenvalue weighted by Gasteiger charge is -2.44. The highest BCUT2D eigenvalue weighted by Gasteiger charge is 2.37. The molecule has 1 spiro atoms. The van der Waals surface area contributed by atoms with Crippen LogP contribution in [0.4, 0.5) is 0 Å². The number of hydrogen-bond acceptors (Lipinski definition) is 2. The predicted octanol–water partition coefficient (Wildman–Crippen LogP) is 1.58. The van der Waals surface area contributed by atoms with Crippen LogP contribution in [0, 0.1) is 12.3 Å². The molecule has 3 nitrogen and oxygen atoms in total. The Kier molecular flexibility index (Phi) is 4.06. The second kappa shape index (κ2) is 5.55. The van der Waals surface area contributed by atoms with E-state index in [2.05, 4.69) is 16.6 Å². The summed E-state index contributed by atoms with van der Waals surface area (Å²) in [6.07, 6.45) is 14.0. The summed E-state index contributed by atoms with van der Waals surface area (Å²) in [6, 6.07) is 0.315. The Morgan fingerprint density at radius 2 is 2.18 bits per heavy atom. The third kappa shape index (κ3) is 3.23. The van der Waals surface area contributed by atoms with Crippen LogP contribution < -0.4 is 10.6 Å². The minimum absolute atomic E-state index is 0.00496. The van der Waals surface area contributed by atoms with Crippen molar-refractivity contribution in [3.63, 3.8) is 0 Å². The van der Waals surface area contributed by atoms with Gasteiger partial charge in [0.05, 0.1) is 6.42 Å². The van der Waals surface area contributed by atoms with Crippen LogP contribution in [0.25, 0.3) is 0 Å². The number of hydrogen-bond donors (Lipinski definition) is 2. The molecule has 1 saturated heterocycles. The van der Waals surface area contributed by atoms with Gasteiger partial charge in [0.2, 0.25) is 5.91 Å². The molecular formula is C14H22N2O. The first-order valence-electron chi connectivity index (χ1n) is 6.72. The number of carbonyl (C=O) groups excluding carboxylic acids is 1. The van der Waals surface area contributed by atoms with Crippen LogP contribution in [0.3, 0.4) is 0 Å². The average Bonchev–Trinajstić information content (AvgIpc) is 2.30. The third-order valence-corrected chi connectivity index (χ3v) is 4.07. The summed E-state index contributed by atoms with van der Waals surface area (Å²) in [5.74, 6) is 2.41. The molecule has 1 amide bonds. The number of amides is 1. The molecule has 17 heavy (non-hydrogen) atoms. The highest BCUT2D eigenvalue weighted by Crippen LogP contribution is 2.34. The van der Waals surface area contributed by atoms with Gasteiger partial charge in [-0.15, -0.1) is 6.42 Å². The van der Waals surface area contributed by atoms with Crippen molar-refractivity contribution in [3.8, 4) is 12.3 Å². The Hall–Kier alpha value is -1.01. The van der Waals surface area contributed by atoms with Crippen molar-refractivity contribution in [2.45, 2.75) is 62.9 Å². The summed E-state index contributed by atoms with van der Waals surface area (Å²) in [5.41, 5.74) is 0.296. The molecule has 0 bridgehead atoms. The Labute approximate surface area is 104 Å². The zero-order chi connectivity index (χ0) is 12.1. The molecule has 3 heteroatoms. The maximum atomic E-state index is 11.5. The van der Waals surface area contributed by atoms with E-state index in [4.69, 9.17) is 6.42 Å². The minimum atomic E-state index is 0.00496. The van der Waals surface area contributed by atoms with Gasteiger partial charge in [-0.2, -0.15) is 0 Å². The van der Waals surface area contributed by atoms with Crippen LogP contribution in [-0.4, -0.2) is 24.0 Å². The normalized spacial score (nSPS) is 27.4. The smallest absolute Gasteiger partial charge is 0.232 e. The van der Waals surface area contributed by atoms with Crippen LogP contribution in [0.15, 0.2) is 0 Å². The number of nitrogens with one attached hydrogen (secondary N) is 2. The number of terminal acetylenes is 1. The quantitative estimate of drug-likeness (QED) is 0.712. The summed E-state index contributed by atoms with van der Waals surface area (Å²) in [5, 5.41) is 6.75. The molecule has 1 atom stereocenters. The van der Waals surface area contributed by atoms with Crippen molar-refractivity contribution in [1.29, 1.82) is 0 Å². The monoisotopic (exact) mass is 234 g/mol. The first-order valence-corrected chi connectivity index (χ1v) is 6.72. The Balaban J connectivity index is 1.88. The fraction of sp³-hybridized carbons (Fsp3) is 0.786. The van der Waals surface area contributed by atoms with Gasteiger partial charge in [0.1, 0.15) is 0 Å². The summed E-state index contributed by atoms with van der Waals surface area (Å²) >= 11 is 0. The van der Waals surface area contributed by atoms with Gasteiger partial charge in [0.15, 0.2) is 0 Å². The largest absolute Gasteiger partial charge is 0.352 e. The lowest BCUT2D eigenvalue weighted by Crippen LogP contribution is -2.57. The van der Waals surface area contributed by atoms with E-state index in [-0.39, 0.29) is 12.3 Å². The van der Waals surface area contributed by atoms with E-state index in [1.165, 1.54) is 32.1 Å². The molecule has 1 aliphatic heterocycles. The molecule has 0 radical (unpaired) electrons. The molecule has 1 heterocycles. The molecule has 1 saturated carbocycles. The minimum Gasteiger partial charge on any atom is -0.352 e. The number of piperidine rings is 1. The first kappa shape index (κ1) is 12.4. The van der Waals surface area contributed by atoms with Gasteiger partial charge in [0.25, 0.3) is 0 Å². The lowest BCUT2D eigenvalue weighted by atomic mass is 9.75. The molecule has 2 fully saturated rings. The maximum Gasteiger partial charge on any atom is 0.232 e. The van der Waals surface area contributed by atoms with Gasteiger partial charge < -0.3 is 10.6 Å². The molecule has 0 aromatic rings. The molecule has 2 rings (SSSR count). The summed E-state index contributed by atoms with van der Waals surface area (Å²) < 4.78 is 0. The topological polar surface area (TPSA) is 41.1 Å². The molecule has 2 N–H and O–H groups in total. The molecule has 2 aliphatic rings. The first-order chi connectivity index (χ1) is 8.24. The second-order valence-electron chi connectivity index (χ2n) is 5.41. The van der Waals surface area contributed by atoms with Crippen molar-refractivity contribution < 1.29 is 4.79 Å². The van der Waals surface area contributed by atoms with E-state index < -0.39 is 0 Å². The summed E-state index contributed by atoms with van der Waals surface area (Å²) in [4.78, 5) is 11.5. The van der Waals surface area contributed by atoms with E-state index in [0.29, 0.717) is 11.6 Å². The van der Waals surface area contributed by atoms with Gasteiger partial charge >= 0.3 is 0 Å². The van der Waals surface area contributed by atoms with Crippen molar-refractivity contribution in [2.24, 2.45) is 0 Å². The van der Waals surface area contributed by atoms with Gasteiger partial charge in [0, 0.05) is 11.6 Å². The number of rotatable bonds is 2. The van der Waals surface area contributed by atoms with E-state index in [1.807, 2.05) is 0 Å². The lowest BCUT2D eigenvalue weighted by molar-refractivity contribution is -0.121. The van der Waals surface area contributed by atoms with Crippen molar-refractivity contribution in [3.05, 3.63) is 0 Å². The fourth-order valence-electron chi connectivity index (χ4n) is 3.26. The van der Waals surface area contributed by atoms with E-state index in [1.54, 1.807) is 0 Å². The molecular weight excluding hydrogens is 212 g/mol. The van der Waals surface area contributed by atoms with Crippen LogP contribution in [0.1, 0.15) is 51.4 Å². The van der Waals surface area contributed by atoms with Gasteiger partial charge in [-0.3, -0.25) is 4.79 Å². The molecule has 0 aromatic carbocycles. The van der Waals surface area contributed by atoms with E-state index in [0.717, 1.165) is 19.4 Å². The Morgan fingerprint density at radius 1 is 1.41 bits per heavy atom. The molecule has 0 aromatic heterocycles. The zero-order valence-electron chi connectivity index (χ0n) is 10.4. The average molecular weight is 234 g/mol. The summed E-state index contributed by atoms with van der Waals surface area (Å²) in [6.45, 7) is 1.01. The van der Waals surface area contributed by atoms with Crippen molar-refractivity contribution in [2.75, 3.05) is 6.54 Å². The van der Waals surface area contributed by atoms with Crippen molar-refractivity contribution >= 4 is 5.91 Å². The van der Waals surface area contributed by atoms with E-state index in [9.17, 15) is 4.79 Å². The van der Waals surface area contributed by atoms with Crippen LogP contribution in [-0.2, 0) is 4.79 Å². The molecule has 94 valence electrons. The third-order valence-electron chi connectivity index (χ3n) is 4.07. The Bertz CT molecular complexity index is 307. The van der Waals surface area contributed by atoms with Crippen molar-refractivity contribution in [1.82, 2.24) is 10.6 Å². The number of carbonyl (C=O) groups is 1. The van der Waals surface area contributed by atoms with Crippen LogP contribution >= 0.6 is 0 Å². The molecule has 1 unspecified atom stereocenters. The van der Waals surface area contributed by atoms with Gasteiger partial charge in [-0.25, -0.2) is 0 Å². The zero-order valence-corrected chi connectivity index (χ0v) is 10.4. The van der Waals surface area contributed by atoms with Crippen LogP contribution in [0.2, 0.25) is 0 Å². The standard InChI is InChI=1S/C14H22N2O/c1-2-6-13(17)16-12-7-10-15-14(11-12)8-4-3-5-9-14/h1,12,15H,3-11H2,(H,16,17). The predicted molar refractivity (Wildman–Crippen MR) is 68.4 cm³/mol. The second-order valence-corrected chi connectivity index (χ2v) is 5.41. The van der Waals surface area contributed by atoms with Gasteiger partial charge in [-0.1, -0.05) is 25.2 Å². The van der Waals surface area contributed by atoms with Gasteiger partial charge in [-0.05, 0) is 32.2 Å². The SMILES string of the molecule is C#CCC(=O)NC1CCNC2(CCCCC2)C1. The summed E-state index contributed by atoms with van der Waals surface area (Å²) in [7, 11) is 0. The highest BCUT2D eigenvalue weighted by atomic mass is 16.1. The van der Waals surface area contributed by atoms with Crippen LogP contribution in [0.5, 0.6) is 0 Å². The fourth-order valence-corrected chi connectivity index (χ4v) is 3.26. The highest BCUT2D eigenvalue weighted by molar-refractivity contribution is 5.78. The Morgan fingerprint density at radius 3 is 2.88 bits per heavy atom.